The van der Waals surface area contributed by atoms with Gasteiger partial charge in [0.2, 0.25) is 0 Å². The van der Waals surface area contributed by atoms with Crippen molar-refractivity contribution in [3.63, 3.8) is 0 Å². The van der Waals surface area contributed by atoms with Gasteiger partial charge >= 0.3 is 19.5 Å². The van der Waals surface area contributed by atoms with Crippen molar-refractivity contribution in [2.24, 2.45) is 0 Å². The number of carbonyl (C=O) groups excluding carboxylic acids is 2. The Morgan fingerprint density at radius 3 is 1.00 bits per heavy atom. The van der Waals surface area contributed by atoms with Gasteiger partial charge in [-0.25, -0.2) is 0 Å². The van der Waals surface area contributed by atoms with Gasteiger partial charge in [-0.3, -0.25) is 9.59 Å². The molecule has 0 heterocycles. The minimum atomic E-state index is -0.187. The summed E-state index contributed by atoms with van der Waals surface area (Å²) in [5, 5.41) is 20.0. The predicted octanol–water partition coefficient (Wildman–Crippen LogP) is -0.324. The average molecular weight is 299 g/mol. The molecule has 0 aliphatic heterocycles. The summed E-state index contributed by atoms with van der Waals surface area (Å²) in [5.41, 5.74) is 0. The zero-order valence-electron chi connectivity index (χ0n) is 9.14. The fourth-order valence-corrected chi connectivity index (χ4v) is 0.572. The van der Waals surface area contributed by atoms with Gasteiger partial charge in [0.15, 0.2) is 11.6 Å². The second kappa shape index (κ2) is 11.1. The second-order valence-electron chi connectivity index (χ2n) is 2.73. The number of ketones is 2. The van der Waals surface area contributed by atoms with Crippen LogP contribution in [0.1, 0.15) is 27.7 Å². The summed E-state index contributed by atoms with van der Waals surface area (Å²) in [6, 6.07) is 0. The first-order valence-corrected chi connectivity index (χ1v) is 3.97. The summed E-state index contributed by atoms with van der Waals surface area (Å²) in [6.45, 7) is 5.39. The van der Waals surface area contributed by atoms with Crippen molar-refractivity contribution in [2.45, 2.75) is 27.7 Å². The molecule has 4 nitrogen and oxygen atoms in total. The Kier molecular flexibility index (Phi) is 14.5. The monoisotopic (exact) mass is 300 g/mol. The Balaban J connectivity index is -0.000000180. The minimum absolute atomic E-state index is 0. The van der Waals surface area contributed by atoms with Crippen LogP contribution in [0.3, 0.4) is 0 Å². The largest absolute Gasteiger partial charge is 2.00 e. The van der Waals surface area contributed by atoms with Gasteiger partial charge in [0, 0.05) is 0 Å². The Labute approximate surface area is 102 Å². The molecule has 0 amide bonds. The van der Waals surface area contributed by atoms with E-state index in [1.54, 1.807) is 0 Å². The van der Waals surface area contributed by atoms with Crippen molar-refractivity contribution in [3.05, 3.63) is 23.7 Å². The number of carbonyl (C=O) groups is 2. The van der Waals surface area contributed by atoms with Crippen molar-refractivity contribution in [1.29, 1.82) is 0 Å². The summed E-state index contributed by atoms with van der Waals surface area (Å²) in [6.07, 6.45) is 2.11. The third kappa shape index (κ3) is 32.1. The molecule has 0 radical (unpaired) electrons. The summed E-state index contributed by atoms with van der Waals surface area (Å²) in [7, 11) is 0. The molecule has 0 saturated carbocycles. The van der Waals surface area contributed by atoms with Crippen LogP contribution in [0.2, 0.25) is 0 Å². The van der Waals surface area contributed by atoms with Gasteiger partial charge in [-0.15, -0.1) is 11.5 Å². The minimum Gasteiger partial charge on any atom is -0.876 e. The molecule has 0 atom stereocenters. The molecule has 86 valence electrons. The summed E-state index contributed by atoms with van der Waals surface area (Å²) in [5.74, 6) is -0.750. The first-order valence-electron chi connectivity index (χ1n) is 3.97. The third-order valence-corrected chi connectivity index (χ3v) is 0.813. The number of hydrogen-bond acceptors (Lipinski definition) is 4. The van der Waals surface area contributed by atoms with Crippen molar-refractivity contribution in [2.75, 3.05) is 0 Å². The van der Waals surface area contributed by atoms with Crippen LogP contribution >= 0.6 is 0 Å². The van der Waals surface area contributed by atoms with Crippen LogP contribution in [0, 0.1) is 0 Å². The molecular weight excluding hydrogens is 285 g/mol. The van der Waals surface area contributed by atoms with Crippen molar-refractivity contribution < 1.29 is 39.3 Å². The van der Waals surface area contributed by atoms with Gasteiger partial charge in [0.05, 0.1) is 0 Å². The van der Waals surface area contributed by atoms with E-state index in [2.05, 4.69) is 0 Å². The van der Waals surface area contributed by atoms with E-state index >= 15 is 0 Å². The third-order valence-electron chi connectivity index (χ3n) is 0.813. The molecule has 0 bridgehead atoms. The normalized spacial score (nSPS) is 10.7. The van der Waals surface area contributed by atoms with Crippen molar-refractivity contribution >= 4 is 11.6 Å². The maximum Gasteiger partial charge on any atom is 2.00 e. The zero-order valence-corrected chi connectivity index (χ0v) is 10.9. The second-order valence-corrected chi connectivity index (χ2v) is 2.73. The Morgan fingerprint density at radius 1 is 0.800 bits per heavy atom. The molecule has 0 unspecified atom stereocenters. The van der Waals surface area contributed by atoms with Crippen LogP contribution in [0.5, 0.6) is 0 Å². The molecule has 0 aliphatic carbocycles. The summed E-state index contributed by atoms with van der Waals surface area (Å²) < 4.78 is 0. The molecule has 5 heteroatoms. The van der Waals surface area contributed by atoms with Crippen LogP contribution in [0.25, 0.3) is 0 Å². The molecule has 0 rings (SSSR count). The van der Waals surface area contributed by atoms with Gasteiger partial charge in [0.25, 0.3) is 0 Å². The van der Waals surface area contributed by atoms with E-state index in [4.69, 9.17) is 0 Å². The Hall–Kier alpha value is -0.957. The smallest absolute Gasteiger partial charge is 0.876 e. The quantitative estimate of drug-likeness (QED) is 0.397. The van der Waals surface area contributed by atoms with E-state index < -0.39 is 0 Å². The standard InChI is InChI=1S/2C5H8O2.Ru/c2*1-4(6)3-5(2)7;/h2*3,6H,1-2H3;/q;;+2/p-2/b2*4-3-;. The molecular formula is C10H14O4Ru. The topological polar surface area (TPSA) is 80.3 Å². The van der Waals surface area contributed by atoms with Gasteiger partial charge in [0.1, 0.15) is 0 Å². The van der Waals surface area contributed by atoms with Crippen molar-refractivity contribution in [3.8, 4) is 0 Å². The molecule has 0 spiro atoms. The van der Waals surface area contributed by atoms with Crippen LogP contribution in [-0.4, -0.2) is 11.6 Å². The predicted molar refractivity (Wildman–Crippen MR) is 48.9 cm³/mol. The SMILES string of the molecule is CC(=O)/C=C(/C)[O-].CC(=O)/C=C(/C)[O-].[Ru+2]. The van der Waals surface area contributed by atoms with E-state index in [0.717, 1.165) is 12.2 Å². The van der Waals surface area contributed by atoms with Crippen LogP contribution < -0.4 is 10.2 Å². The molecule has 0 aromatic carbocycles. The summed E-state index contributed by atoms with van der Waals surface area (Å²) in [4.78, 5) is 20.0. The molecule has 0 saturated heterocycles. The Bertz CT molecular complexity index is 231. The van der Waals surface area contributed by atoms with E-state index in [1.807, 2.05) is 0 Å². The van der Waals surface area contributed by atoms with Crippen LogP contribution in [0.4, 0.5) is 0 Å². The van der Waals surface area contributed by atoms with Gasteiger partial charge < -0.3 is 10.2 Å². The number of hydrogen-bond donors (Lipinski definition) is 0. The Morgan fingerprint density at radius 2 is 1.00 bits per heavy atom. The van der Waals surface area contributed by atoms with Crippen LogP contribution in [-0.2, 0) is 29.1 Å². The maximum absolute atomic E-state index is 9.98. The van der Waals surface area contributed by atoms with Gasteiger partial charge in [-0.1, -0.05) is 13.8 Å². The van der Waals surface area contributed by atoms with E-state index in [-0.39, 0.29) is 42.6 Å². The molecule has 0 aromatic rings. The van der Waals surface area contributed by atoms with Crippen LogP contribution in [0.15, 0.2) is 23.7 Å². The van der Waals surface area contributed by atoms with E-state index in [1.165, 1.54) is 27.7 Å². The fourth-order valence-electron chi connectivity index (χ4n) is 0.572. The van der Waals surface area contributed by atoms with Gasteiger partial charge in [-0.05, 0) is 26.0 Å². The zero-order chi connectivity index (χ0) is 11.7. The fraction of sp³-hybridized carbons (Fsp3) is 0.400. The molecule has 0 aromatic heterocycles. The first kappa shape index (κ1) is 19.6. The van der Waals surface area contributed by atoms with Crippen molar-refractivity contribution in [1.82, 2.24) is 0 Å². The average Bonchev–Trinajstić information content (AvgIpc) is 1.79. The number of rotatable bonds is 2. The first-order chi connectivity index (χ1) is 6.25. The molecule has 0 fully saturated rings. The maximum atomic E-state index is 9.98. The number of allylic oxidation sites excluding steroid dienone is 4. The van der Waals surface area contributed by atoms with E-state index in [0.29, 0.717) is 0 Å². The summed E-state index contributed by atoms with van der Waals surface area (Å²) >= 11 is 0. The molecule has 0 aliphatic rings. The van der Waals surface area contributed by atoms with Gasteiger partial charge in [-0.2, -0.15) is 0 Å². The molecule has 0 N–H and O–H groups in total. The molecule has 15 heavy (non-hydrogen) atoms. The van der Waals surface area contributed by atoms with E-state index in [9.17, 15) is 19.8 Å².